The fourth-order valence-electron chi connectivity index (χ4n) is 6.86. The average molecular weight is 463 g/mol. The first-order chi connectivity index (χ1) is 15.5. The van der Waals surface area contributed by atoms with Gasteiger partial charge in [0.1, 0.15) is 0 Å². The van der Waals surface area contributed by atoms with Gasteiger partial charge in [-0.1, -0.05) is 0 Å². The molecule has 4 aliphatic rings. The van der Waals surface area contributed by atoms with Gasteiger partial charge in [0.05, 0.1) is 0 Å². The Balaban J connectivity index is 0.000000186. The molecule has 4 saturated heterocycles. The summed E-state index contributed by atoms with van der Waals surface area (Å²) in [5, 5.41) is 0. The summed E-state index contributed by atoms with van der Waals surface area (Å²) in [6, 6.07) is 2.95. The lowest BCUT2D eigenvalue weighted by molar-refractivity contribution is 0.0168. The maximum Gasteiger partial charge on any atom is 0.00421 e. The summed E-state index contributed by atoms with van der Waals surface area (Å²) in [5.74, 6) is 0. The van der Waals surface area contributed by atoms with Crippen LogP contribution in [-0.4, -0.2) is 96.1 Å². The van der Waals surface area contributed by atoms with E-state index in [1.807, 2.05) is 0 Å². The number of rotatable bonds is 4. The van der Waals surface area contributed by atoms with Gasteiger partial charge in [-0.25, -0.2) is 0 Å². The number of nitrogens with zero attached hydrogens (tertiary/aromatic N) is 4. The maximum absolute atomic E-state index is 2.67. The molecule has 4 heterocycles. The molecule has 0 saturated carbocycles. The topological polar surface area (TPSA) is 13.0 Å². The second kappa shape index (κ2) is 11.7. The molecule has 4 aliphatic heterocycles. The van der Waals surface area contributed by atoms with Crippen LogP contribution in [0.4, 0.5) is 0 Å². The highest BCUT2D eigenvalue weighted by molar-refractivity contribution is 4.95. The molecular weight excluding hydrogens is 404 g/mol. The van der Waals surface area contributed by atoms with Gasteiger partial charge in [0.25, 0.3) is 0 Å². The SMILES string of the molecule is CC(C)N1CCC2(CC1)CCN(C(C)C)C2.CC(C)N1CCC2(CC1)CCN(C(C)C)CC2. The Labute approximate surface area is 207 Å². The summed E-state index contributed by atoms with van der Waals surface area (Å²) in [4.78, 5) is 10.6. The minimum Gasteiger partial charge on any atom is -0.301 e. The molecule has 0 aromatic carbocycles. The van der Waals surface area contributed by atoms with Crippen molar-refractivity contribution in [2.75, 3.05) is 52.4 Å². The lowest BCUT2D eigenvalue weighted by atomic mass is 9.71. The van der Waals surface area contributed by atoms with Crippen molar-refractivity contribution in [3.63, 3.8) is 0 Å². The Hall–Kier alpha value is -0.160. The highest BCUT2D eigenvalue weighted by Gasteiger charge is 2.41. The molecule has 0 aliphatic carbocycles. The van der Waals surface area contributed by atoms with Crippen molar-refractivity contribution in [1.29, 1.82) is 0 Å². The fraction of sp³-hybridized carbons (Fsp3) is 1.00. The molecule has 0 N–H and O–H groups in total. The molecule has 4 nitrogen and oxygen atoms in total. The van der Waals surface area contributed by atoms with E-state index < -0.39 is 0 Å². The fourth-order valence-corrected chi connectivity index (χ4v) is 6.86. The molecule has 194 valence electrons. The van der Waals surface area contributed by atoms with Crippen molar-refractivity contribution >= 4 is 0 Å². The first-order valence-electron chi connectivity index (χ1n) is 14.5. The first kappa shape index (κ1) is 27.4. The van der Waals surface area contributed by atoms with Gasteiger partial charge in [-0.3, -0.25) is 0 Å². The zero-order chi connectivity index (χ0) is 24.2. The Bertz CT molecular complexity index is 531. The molecular formula is C29H58N4. The van der Waals surface area contributed by atoms with Crippen LogP contribution in [-0.2, 0) is 0 Å². The normalized spacial score (nSPS) is 27.3. The largest absolute Gasteiger partial charge is 0.301 e. The molecule has 0 atom stereocenters. The number of likely N-dealkylation sites (tertiary alicyclic amines) is 4. The molecule has 4 rings (SSSR count). The van der Waals surface area contributed by atoms with Crippen molar-refractivity contribution < 1.29 is 0 Å². The van der Waals surface area contributed by atoms with Crippen molar-refractivity contribution in [2.24, 2.45) is 10.8 Å². The van der Waals surface area contributed by atoms with E-state index in [0.29, 0.717) is 10.8 Å². The van der Waals surface area contributed by atoms with Crippen LogP contribution < -0.4 is 0 Å². The van der Waals surface area contributed by atoms with E-state index in [0.717, 1.165) is 24.2 Å². The van der Waals surface area contributed by atoms with Gasteiger partial charge in [-0.2, -0.15) is 0 Å². The van der Waals surface area contributed by atoms with Crippen LogP contribution in [0, 0.1) is 10.8 Å². The predicted octanol–water partition coefficient (Wildman–Crippen LogP) is 5.57. The molecule has 0 bridgehead atoms. The van der Waals surface area contributed by atoms with Gasteiger partial charge in [-0.05, 0) is 157 Å². The van der Waals surface area contributed by atoms with Crippen molar-refractivity contribution in [3.8, 4) is 0 Å². The Morgan fingerprint density at radius 2 is 0.606 bits per heavy atom. The zero-order valence-corrected chi connectivity index (χ0v) is 23.7. The minimum absolute atomic E-state index is 0.676. The Morgan fingerprint density at radius 3 is 0.848 bits per heavy atom. The van der Waals surface area contributed by atoms with E-state index >= 15 is 0 Å². The molecule has 0 aromatic heterocycles. The maximum atomic E-state index is 2.67. The molecule has 4 fully saturated rings. The number of piperidine rings is 3. The quantitative estimate of drug-likeness (QED) is 0.541. The molecule has 0 radical (unpaired) electrons. The van der Waals surface area contributed by atoms with E-state index in [9.17, 15) is 0 Å². The molecule has 0 aromatic rings. The lowest BCUT2D eigenvalue weighted by Gasteiger charge is -2.48. The third-order valence-electron chi connectivity index (χ3n) is 9.97. The summed E-state index contributed by atoms with van der Waals surface area (Å²) < 4.78 is 0. The first-order valence-corrected chi connectivity index (χ1v) is 14.5. The third kappa shape index (κ3) is 7.18. The molecule has 0 amide bonds. The van der Waals surface area contributed by atoms with Gasteiger partial charge in [0.2, 0.25) is 0 Å². The van der Waals surface area contributed by atoms with Crippen LogP contribution in [0.25, 0.3) is 0 Å². The molecule has 0 unspecified atom stereocenters. The van der Waals surface area contributed by atoms with Crippen LogP contribution in [0.5, 0.6) is 0 Å². The van der Waals surface area contributed by atoms with Crippen LogP contribution in [0.2, 0.25) is 0 Å². The minimum atomic E-state index is 0.676. The van der Waals surface area contributed by atoms with Crippen LogP contribution in [0.1, 0.15) is 100 Å². The zero-order valence-electron chi connectivity index (χ0n) is 23.7. The Morgan fingerprint density at radius 1 is 0.364 bits per heavy atom. The summed E-state index contributed by atoms with van der Waals surface area (Å²) in [5.41, 5.74) is 1.38. The van der Waals surface area contributed by atoms with Gasteiger partial charge in [0.15, 0.2) is 0 Å². The van der Waals surface area contributed by atoms with E-state index in [4.69, 9.17) is 0 Å². The van der Waals surface area contributed by atoms with Crippen LogP contribution >= 0.6 is 0 Å². The molecule has 4 heteroatoms. The van der Waals surface area contributed by atoms with Gasteiger partial charge in [-0.15, -0.1) is 0 Å². The second-order valence-corrected chi connectivity index (χ2v) is 13.2. The number of hydrogen-bond donors (Lipinski definition) is 0. The average Bonchev–Trinajstić information content (AvgIpc) is 3.19. The predicted molar refractivity (Wildman–Crippen MR) is 144 cm³/mol. The molecule has 2 spiro atoms. The summed E-state index contributed by atoms with van der Waals surface area (Å²) >= 11 is 0. The van der Waals surface area contributed by atoms with E-state index in [2.05, 4.69) is 75.0 Å². The van der Waals surface area contributed by atoms with Crippen molar-refractivity contribution in [2.45, 2.75) is 125 Å². The van der Waals surface area contributed by atoms with E-state index in [1.165, 1.54) is 97.3 Å². The van der Waals surface area contributed by atoms with Crippen LogP contribution in [0.3, 0.4) is 0 Å². The van der Waals surface area contributed by atoms with Gasteiger partial charge in [0, 0.05) is 30.7 Å². The summed E-state index contributed by atoms with van der Waals surface area (Å²) in [6.07, 6.45) is 10.1. The van der Waals surface area contributed by atoms with Gasteiger partial charge < -0.3 is 19.6 Å². The summed E-state index contributed by atoms with van der Waals surface area (Å²) in [7, 11) is 0. The standard InChI is InChI=1S/C15H30N2.C14H28N2/c1-13(2)16-9-5-15(6-10-16)7-11-17(12-8-15)14(3)4;1-12(2)15-8-5-14(6-9-15)7-10-16(11-14)13(3)4/h13-14H,5-12H2,1-4H3;12-13H,5-11H2,1-4H3. The van der Waals surface area contributed by atoms with Crippen LogP contribution in [0.15, 0.2) is 0 Å². The third-order valence-corrected chi connectivity index (χ3v) is 9.97. The summed E-state index contributed by atoms with van der Waals surface area (Å²) in [6.45, 7) is 29.3. The smallest absolute Gasteiger partial charge is 0.00421 e. The monoisotopic (exact) mass is 462 g/mol. The number of hydrogen-bond acceptors (Lipinski definition) is 4. The highest BCUT2D eigenvalue weighted by Crippen LogP contribution is 2.42. The lowest BCUT2D eigenvalue weighted by Crippen LogP contribution is -2.49. The van der Waals surface area contributed by atoms with Crippen molar-refractivity contribution in [3.05, 3.63) is 0 Å². The van der Waals surface area contributed by atoms with E-state index in [-0.39, 0.29) is 0 Å². The van der Waals surface area contributed by atoms with E-state index in [1.54, 1.807) is 0 Å². The Kier molecular flexibility index (Phi) is 9.74. The van der Waals surface area contributed by atoms with Gasteiger partial charge >= 0.3 is 0 Å². The highest BCUT2D eigenvalue weighted by atomic mass is 15.2. The molecule has 33 heavy (non-hydrogen) atoms. The second-order valence-electron chi connectivity index (χ2n) is 13.2. The van der Waals surface area contributed by atoms with Crippen molar-refractivity contribution in [1.82, 2.24) is 19.6 Å².